The normalized spacial score (nSPS) is 17.4. The van der Waals surface area contributed by atoms with Crippen LogP contribution < -0.4 is 9.62 Å². The summed E-state index contributed by atoms with van der Waals surface area (Å²) in [6, 6.07) is 7.38. The first kappa shape index (κ1) is 19.3. The average molecular weight is 403 g/mol. The van der Waals surface area contributed by atoms with Crippen LogP contribution in [0.5, 0.6) is 0 Å². The monoisotopic (exact) mass is 402 g/mol. The lowest BCUT2D eigenvalue weighted by Crippen LogP contribution is -2.37. The molecule has 150 valence electrons. The van der Waals surface area contributed by atoms with Crippen LogP contribution in [0.3, 0.4) is 0 Å². The lowest BCUT2D eigenvalue weighted by molar-refractivity contribution is 0.122. The smallest absolute Gasteiger partial charge is 0.240 e. The second-order valence-corrected chi connectivity index (χ2v) is 9.11. The van der Waals surface area contributed by atoms with Crippen LogP contribution in [0.4, 0.5) is 5.82 Å². The Hall–Kier alpha value is -2.03. The fourth-order valence-corrected chi connectivity index (χ4v) is 4.80. The van der Waals surface area contributed by atoms with E-state index in [1.165, 1.54) is 12.0 Å². The Bertz CT molecular complexity index is 956. The molecule has 28 heavy (non-hydrogen) atoms. The molecule has 2 aromatic rings. The van der Waals surface area contributed by atoms with Gasteiger partial charge in [-0.3, -0.25) is 0 Å². The van der Waals surface area contributed by atoms with Gasteiger partial charge in [-0.1, -0.05) is 6.07 Å². The minimum Gasteiger partial charge on any atom is -0.378 e. The first-order chi connectivity index (χ1) is 13.5. The zero-order valence-electron chi connectivity index (χ0n) is 16.1. The summed E-state index contributed by atoms with van der Waals surface area (Å²) in [5.74, 6) is 1.29. The molecule has 1 saturated heterocycles. The van der Waals surface area contributed by atoms with E-state index in [2.05, 4.69) is 19.6 Å². The van der Waals surface area contributed by atoms with Crippen molar-refractivity contribution >= 4 is 15.8 Å². The molecule has 1 aliphatic carbocycles. The molecule has 2 aliphatic rings. The molecule has 0 spiro atoms. The van der Waals surface area contributed by atoms with Crippen LogP contribution >= 0.6 is 0 Å². The number of anilines is 1. The zero-order chi connectivity index (χ0) is 19.6. The number of hydrogen-bond donors (Lipinski definition) is 1. The van der Waals surface area contributed by atoms with Crippen molar-refractivity contribution in [3.8, 4) is 0 Å². The largest absolute Gasteiger partial charge is 0.378 e. The van der Waals surface area contributed by atoms with Gasteiger partial charge in [-0.25, -0.2) is 23.1 Å². The van der Waals surface area contributed by atoms with E-state index in [4.69, 9.17) is 4.74 Å². The van der Waals surface area contributed by atoms with E-state index < -0.39 is 10.0 Å². The van der Waals surface area contributed by atoms with Gasteiger partial charge in [0, 0.05) is 24.8 Å². The number of morpholine rings is 1. The van der Waals surface area contributed by atoms with E-state index in [1.807, 2.05) is 25.1 Å². The van der Waals surface area contributed by atoms with E-state index >= 15 is 0 Å². The molecule has 4 rings (SSSR count). The summed E-state index contributed by atoms with van der Waals surface area (Å²) in [5.41, 5.74) is 3.23. The first-order valence-electron chi connectivity index (χ1n) is 9.80. The highest BCUT2D eigenvalue weighted by atomic mass is 32.2. The Labute approximate surface area is 166 Å². The summed E-state index contributed by atoms with van der Waals surface area (Å²) in [6.07, 6.45) is 4.27. The minimum absolute atomic E-state index is 0.0679. The quantitative estimate of drug-likeness (QED) is 0.823. The number of ether oxygens (including phenoxy) is 1. The molecule has 1 aromatic carbocycles. The molecule has 2 heterocycles. The van der Waals surface area contributed by atoms with Crippen molar-refractivity contribution in [2.45, 2.75) is 44.0 Å². The Morgan fingerprint density at radius 2 is 1.82 bits per heavy atom. The summed E-state index contributed by atoms with van der Waals surface area (Å²) in [7, 11) is -3.61. The number of rotatable bonds is 5. The maximum Gasteiger partial charge on any atom is 0.240 e. The third kappa shape index (κ3) is 4.34. The van der Waals surface area contributed by atoms with Crippen molar-refractivity contribution in [2.75, 3.05) is 31.2 Å². The van der Waals surface area contributed by atoms with Crippen molar-refractivity contribution in [3.63, 3.8) is 0 Å². The van der Waals surface area contributed by atoms with Crippen molar-refractivity contribution in [2.24, 2.45) is 0 Å². The highest BCUT2D eigenvalue weighted by molar-refractivity contribution is 7.89. The van der Waals surface area contributed by atoms with Crippen molar-refractivity contribution in [1.82, 2.24) is 14.7 Å². The van der Waals surface area contributed by atoms with Crippen LogP contribution in [0.25, 0.3) is 0 Å². The molecule has 0 radical (unpaired) electrons. The fourth-order valence-electron chi connectivity index (χ4n) is 3.77. The van der Waals surface area contributed by atoms with Gasteiger partial charge in [-0.15, -0.1) is 0 Å². The van der Waals surface area contributed by atoms with Crippen LogP contribution in [0.1, 0.15) is 35.5 Å². The maximum atomic E-state index is 12.8. The predicted octanol–water partition coefficient (Wildman–Crippen LogP) is 1.98. The summed E-state index contributed by atoms with van der Waals surface area (Å²) in [5, 5.41) is 0. The van der Waals surface area contributed by atoms with E-state index in [1.54, 1.807) is 6.07 Å². The predicted molar refractivity (Wildman–Crippen MR) is 107 cm³/mol. The molecule has 1 aliphatic heterocycles. The summed E-state index contributed by atoms with van der Waals surface area (Å²) >= 11 is 0. The molecular formula is C20H26N4O3S. The van der Waals surface area contributed by atoms with Gasteiger partial charge in [0.15, 0.2) is 0 Å². The highest BCUT2D eigenvalue weighted by Crippen LogP contribution is 2.24. The van der Waals surface area contributed by atoms with Gasteiger partial charge in [0.1, 0.15) is 11.6 Å². The Morgan fingerprint density at radius 1 is 1.07 bits per heavy atom. The molecule has 1 fully saturated rings. The number of fused-ring (bicyclic) bond motifs is 1. The molecule has 1 N–H and O–H groups in total. The van der Waals surface area contributed by atoms with Crippen molar-refractivity contribution in [3.05, 3.63) is 46.9 Å². The fraction of sp³-hybridized carbons (Fsp3) is 0.500. The summed E-state index contributed by atoms with van der Waals surface area (Å²) in [4.78, 5) is 11.4. The van der Waals surface area contributed by atoms with E-state index in [9.17, 15) is 8.42 Å². The number of aromatic nitrogens is 2. The van der Waals surface area contributed by atoms with Crippen LogP contribution in [-0.2, 0) is 34.1 Å². The molecule has 7 nitrogen and oxygen atoms in total. The molecule has 1 aromatic heterocycles. The van der Waals surface area contributed by atoms with Crippen molar-refractivity contribution < 1.29 is 13.2 Å². The van der Waals surface area contributed by atoms with E-state index in [0.717, 1.165) is 49.4 Å². The Balaban J connectivity index is 1.49. The standard InChI is InChI=1S/C20H26N4O3S/c1-15-12-20(24-8-10-27-11-9-24)23-19(22-15)14-21-28(25,26)18-7-6-16-4-2-3-5-17(16)13-18/h6-7,12-13,21H,2-5,8-11,14H2,1H3. The molecule has 0 bridgehead atoms. The molecular weight excluding hydrogens is 376 g/mol. The minimum atomic E-state index is -3.61. The highest BCUT2D eigenvalue weighted by Gasteiger charge is 2.19. The Morgan fingerprint density at radius 3 is 2.61 bits per heavy atom. The van der Waals surface area contributed by atoms with Gasteiger partial charge in [0.05, 0.1) is 24.7 Å². The third-order valence-corrected chi connectivity index (χ3v) is 6.67. The number of hydrogen-bond acceptors (Lipinski definition) is 6. The van der Waals surface area contributed by atoms with Gasteiger partial charge < -0.3 is 9.64 Å². The lowest BCUT2D eigenvalue weighted by Gasteiger charge is -2.28. The van der Waals surface area contributed by atoms with E-state index in [-0.39, 0.29) is 6.54 Å². The van der Waals surface area contributed by atoms with Crippen molar-refractivity contribution in [1.29, 1.82) is 0 Å². The number of aryl methyl sites for hydroxylation is 3. The van der Waals surface area contributed by atoms with E-state index in [0.29, 0.717) is 23.9 Å². The van der Waals surface area contributed by atoms with Gasteiger partial charge in [0.2, 0.25) is 10.0 Å². The number of nitrogens with one attached hydrogen (secondary N) is 1. The molecule has 8 heteroatoms. The molecule has 0 atom stereocenters. The number of benzene rings is 1. The van der Waals surface area contributed by atoms with Gasteiger partial charge in [0.25, 0.3) is 0 Å². The zero-order valence-corrected chi connectivity index (χ0v) is 17.0. The second kappa shape index (κ2) is 8.14. The van der Waals surface area contributed by atoms with Gasteiger partial charge in [-0.05, 0) is 55.9 Å². The average Bonchev–Trinajstić information content (AvgIpc) is 2.72. The van der Waals surface area contributed by atoms with Gasteiger partial charge >= 0.3 is 0 Å². The number of sulfonamides is 1. The van der Waals surface area contributed by atoms with Gasteiger partial charge in [-0.2, -0.15) is 0 Å². The summed E-state index contributed by atoms with van der Waals surface area (Å²) in [6.45, 7) is 4.85. The second-order valence-electron chi connectivity index (χ2n) is 7.35. The van der Waals surface area contributed by atoms with Crippen LogP contribution in [0, 0.1) is 6.92 Å². The van der Waals surface area contributed by atoms with Crippen LogP contribution in [-0.4, -0.2) is 44.7 Å². The van der Waals surface area contributed by atoms with Crippen LogP contribution in [0.2, 0.25) is 0 Å². The lowest BCUT2D eigenvalue weighted by atomic mass is 9.92. The topological polar surface area (TPSA) is 84.4 Å². The Kier molecular flexibility index (Phi) is 5.61. The molecule has 0 saturated carbocycles. The summed E-state index contributed by atoms with van der Waals surface area (Å²) < 4.78 is 33.6. The number of nitrogens with zero attached hydrogens (tertiary/aromatic N) is 3. The molecule has 0 unspecified atom stereocenters. The molecule has 0 amide bonds. The maximum absolute atomic E-state index is 12.8. The first-order valence-corrected chi connectivity index (χ1v) is 11.3. The SMILES string of the molecule is Cc1cc(N2CCOCC2)nc(CNS(=O)(=O)c2ccc3c(c2)CCCC3)n1. The third-order valence-electron chi connectivity index (χ3n) is 5.27. The van der Waals surface area contributed by atoms with Crippen LogP contribution in [0.15, 0.2) is 29.2 Å².